The van der Waals surface area contributed by atoms with Crippen molar-refractivity contribution in [2.24, 2.45) is 28.1 Å². The summed E-state index contributed by atoms with van der Waals surface area (Å²) in [6.07, 6.45) is 56.1. The van der Waals surface area contributed by atoms with Gasteiger partial charge < -0.3 is 35.5 Å². The summed E-state index contributed by atoms with van der Waals surface area (Å²) in [6.45, 7) is 21.1. The number of aryl methyl sites for hydroxylation is 1. The smallest absolute Gasteiger partial charge is 0.407 e. The van der Waals surface area contributed by atoms with Crippen LogP contribution in [0.15, 0.2) is 4.79 Å². The highest BCUT2D eigenvalue weighted by Crippen LogP contribution is 2.46. The van der Waals surface area contributed by atoms with E-state index < -0.39 is 17.7 Å². The summed E-state index contributed by atoms with van der Waals surface area (Å²) < 4.78 is 17.5. The summed E-state index contributed by atoms with van der Waals surface area (Å²) in [5, 5.41) is 15.1. The molecule has 2 fully saturated rings. The Balaban J connectivity index is 1.41. The number of amides is 5. The Morgan fingerprint density at radius 3 is 1.32 bits per heavy atom. The van der Waals surface area contributed by atoms with Gasteiger partial charge in [-0.3, -0.25) is 15.1 Å². The van der Waals surface area contributed by atoms with Gasteiger partial charge in [0, 0.05) is 37.2 Å². The number of carbonyl (C=O) groups excluding carboxylic acids is 4. The number of anilines is 1. The lowest BCUT2D eigenvalue weighted by Crippen LogP contribution is -2.51. The van der Waals surface area contributed by atoms with Gasteiger partial charge in [0.2, 0.25) is 5.95 Å². The Morgan fingerprint density at radius 1 is 0.500 bits per heavy atom. The zero-order chi connectivity index (χ0) is 67.0. The zero-order valence-corrected chi connectivity index (χ0v) is 61.0. The average molecular weight is 1300 g/mol. The average Bonchev–Trinajstić information content (AvgIpc) is 0.827. The van der Waals surface area contributed by atoms with Gasteiger partial charge in [-0.05, 0) is 99.2 Å². The summed E-state index contributed by atoms with van der Waals surface area (Å²) >= 11 is 0. The third kappa shape index (κ3) is 40.4. The molecule has 1 aromatic heterocycles. The predicted molar refractivity (Wildman–Crippen MR) is 383 cm³/mol. The molecular weight excluding hydrogens is 1150 g/mol. The molecule has 3 rings (SSSR count). The molecule has 2 aliphatic rings. The van der Waals surface area contributed by atoms with Crippen LogP contribution in [0.4, 0.5) is 25.1 Å². The maximum atomic E-state index is 13.5. The number of urea groups is 1. The number of unbranched alkanes of at least 4 members (excludes halogenated alkanes) is 32. The van der Waals surface area contributed by atoms with Crippen LogP contribution in [0.5, 0.6) is 0 Å². The third-order valence-corrected chi connectivity index (χ3v) is 20.3. The molecule has 15 heteroatoms. The fraction of sp³-hybridized carbons (Fsp3) is 0.896. The molecular formula is C77H143N7O8. The van der Waals surface area contributed by atoms with Crippen molar-refractivity contribution in [3.05, 3.63) is 21.6 Å². The van der Waals surface area contributed by atoms with Crippen molar-refractivity contribution in [2.45, 2.75) is 383 Å². The van der Waals surface area contributed by atoms with Crippen LogP contribution in [0.1, 0.15) is 368 Å². The number of aromatic amines is 1. The molecule has 0 spiro atoms. The fourth-order valence-electron chi connectivity index (χ4n) is 15.1. The summed E-state index contributed by atoms with van der Waals surface area (Å²) in [6, 6.07) is -0.635. The molecule has 0 aliphatic heterocycles. The van der Waals surface area contributed by atoms with Crippen molar-refractivity contribution in [1.82, 2.24) is 31.2 Å². The molecule has 6 atom stereocenters. The summed E-state index contributed by atoms with van der Waals surface area (Å²) in [7, 11) is 0. The van der Waals surface area contributed by atoms with E-state index in [1.165, 1.54) is 231 Å². The van der Waals surface area contributed by atoms with Gasteiger partial charge in [0.1, 0.15) is 0 Å². The minimum absolute atomic E-state index is 0.0253. The van der Waals surface area contributed by atoms with Crippen LogP contribution < -0.4 is 32.1 Å². The van der Waals surface area contributed by atoms with Gasteiger partial charge in [-0.25, -0.2) is 24.2 Å². The fourth-order valence-corrected chi connectivity index (χ4v) is 15.1. The number of carbonyl (C=O) groups is 4. The second kappa shape index (κ2) is 50.4. The van der Waals surface area contributed by atoms with Crippen LogP contribution in [-0.2, 0) is 20.6 Å². The normalized spacial score (nSPS) is 19.4. The van der Waals surface area contributed by atoms with Gasteiger partial charge in [0.15, 0.2) is 0 Å². The first-order chi connectivity index (χ1) is 44.4. The maximum absolute atomic E-state index is 13.5. The van der Waals surface area contributed by atoms with E-state index in [0.29, 0.717) is 62.2 Å². The number of H-pyrrole nitrogens is 1. The van der Waals surface area contributed by atoms with Crippen LogP contribution in [-0.4, -0.2) is 79.3 Å². The Bertz CT molecular complexity index is 2140. The predicted octanol–water partition coefficient (Wildman–Crippen LogP) is 21.4. The molecule has 15 nitrogen and oxygen atoms in total. The van der Waals surface area contributed by atoms with Gasteiger partial charge in [0.05, 0.1) is 25.5 Å². The van der Waals surface area contributed by atoms with E-state index in [0.717, 1.165) is 57.8 Å². The highest BCUT2D eigenvalue weighted by molar-refractivity contribution is 5.87. The molecule has 0 aromatic carbocycles. The van der Waals surface area contributed by atoms with E-state index in [1.54, 1.807) is 6.92 Å². The zero-order valence-electron chi connectivity index (χ0n) is 61.0. The van der Waals surface area contributed by atoms with Gasteiger partial charge >= 0.3 is 24.3 Å². The minimum atomic E-state index is -0.567. The number of rotatable bonds is 54. The minimum Gasteiger partial charge on any atom is -0.449 e. The van der Waals surface area contributed by atoms with Gasteiger partial charge in [-0.2, -0.15) is 0 Å². The number of ether oxygens (including phenoxy) is 3. The number of alkyl carbamates (subject to hydrolysis) is 3. The second-order valence-corrected chi connectivity index (χ2v) is 30.6. The molecule has 2 aliphatic carbocycles. The Hall–Kier alpha value is -4.04. The molecule has 5 amide bonds. The van der Waals surface area contributed by atoms with Crippen molar-refractivity contribution >= 4 is 30.3 Å². The van der Waals surface area contributed by atoms with Crippen molar-refractivity contribution in [3.63, 3.8) is 0 Å². The molecule has 1 heterocycles. The SMILES string of the molecule is CCCCCCCCCCCCC(CCCCCCCCCC)COC(=O)NC1CCCC(C)(CNC(=O)OCCc2c(C)nc(NC(=O)NCC3(C)CC(NC(=O)OCC(CCCCCCCCCC)CCCCCCCCCCCC)CC(C)(C)C3)[nH]c2=O)C1. The van der Waals surface area contributed by atoms with E-state index in [2.05, 4.69) is 91.9 Å². The number of nitrogens with zero attached hydrogens (tertiary/aromatic N) is 1. The van der Waals surface area contributed by atoms with Gasteiger partial charge in [-0.1, -0.05) is 293 Å². The number of hydrogen-bond acceptors (Lipinski definition) is 9. The van der Waals surface area contributed by atoms with Crippen LogP contribution in [0.3, 0.4) is 0 Å². The van der Waals surface area contributed by atoms with Crippen LogP contribution in [0.2, 0.25) is 0 Å². The van der Waals surface area contributed by atoms with E-state index in [-0.39, 0.29) is 59.5 Å². The molecule has 1 aromatic rings. The van der Waals surface area contributed by atoms with E-state index in [1.807, 2.05) is 0 Å². The standard InChI is InChI=1S/C77H143N7O8/c1-10-14-18-22-26-30-32-36-40-44-48-64(47-42-38-34-28-24-20-16-12-3)58-91-73(88)81-66-51-46-53-76(8,56-66)61-79-72(87)90-54-52-68-63(5)80-70(83-69(68)85)84-71(86)78-62-77(9)57-67(55-75(6,7)60-77)82-74(89)92-59-65(49-43-39-35-29-25-21-17-13-4)50-45-41-37-33-31-27-23-19-15-11-2/h64-67H,10-62H2,1-9H3,(H,79,87)(H,81,88)(H,82,89)(H3,78,80,83,84,85,86). The van der Waals surface area contributed by atoms with Gasteiger partial charge in [-0.15, -0.1) is 0 Å². The summed E-state index contributed by atoms with van der Waals surface area (Å²) in [5.41, 5.74) is -0.269. The lowest BCUT2D eigenvalue weighted by Gasteiger charge is -2.46. The van der Waals surface area contributed by atoms with Crippen molar-refractivity contribution < 1.29 is 33.4 Å². The largest absolute Gasteiger partial charge is 0.449 e. The van der Waals surface area contributed by atoms with Crippen molar-refractivity contribution in [1.29, 1.82) is 0 Å². The number of nitrogens with one attached hydrogen (secondary N) is 6. The van der Waals surface area contributed by atoms with Crippen LogP contribution in [0.25, 0.3) is 0 Å². The Morgan fingerprint density at radius 2 is 0.891 bits per heavy atom. The molecule has 0 bridgehead atoms. The molecule has 2 saturated carbocycles. The molecule has 6 N–H and O–H groups in total. The topological polar surface area (TPSA) is 202 Å². The number of hydrogen-bond donors (Lipinski definition) is 6. The monoisotopic (exact) mass is 1290 g/mol. The maximum Gasteiger partial charge on any atom is 0.407 e. The molecule has 0 radical (unpaired) electrons. The quantitative estimate of drug-likeness (QED) is 0.0271. The first-order valence-corrected chi connectivity index (χ1v) is 38.8. The Kier molecular flexibility index (Phi) is 45.0. The lowest BCUT2D eigenvalue weighted by atomic mass is 9.62. The summed E-state index contributed by atoms with van der Waals surface area (Å²) in [5.74, 6) is 0.799. The molecule has 6 unspecified atom stereocenters. The Labute approximate surface area is 562 Å². The van der Waals surface area contributed by atoms with E-state index >= 15 is 0 Å². The third-order valence-electron chi connectivity index (χ3n) is 20.3. The lowest BCUT2D eigenvalue weighted by molar-refractivity contribution is 0.0635. The first-order valence-electron chi connectivity index (χ1n) is 38.8. The van der Waals surface area contributed by atoms with E-state index in [9.17, 15) is 24.0 Å². The molecule has 534 valence electrons. The van der Waals surface area contributed by atoms with Crippen LogP contribution >= 0.6 is 0 Å². The van der Waals surface area contributed by atoms with Gasteiger partial charge in [0.25, 0.3) is 5.56 Å². The first kappa shape index (κ1) is 82.2. The molecule has 0 saturated heterocycles. The van der Waals surface area contributed by atoms with Crippen LogP contribution in [0, 0.1) is 35.0 Å². The van der Waals surface area contributed by atoms with E-state index in [4.69, 9.17) is 14.2 Å². The number of aromatic nitrogens is 2. The summed E-state index contributed by atoms with van der Waals surface area (Å²) in [4.78, 5) is 73.7. The second-order valence-electron chi connectivity index (χ2n) is 30.6. The van der Waals surface area contributed by atoms with Crippen molar-refractivity contribution in [3.8, 4) is 0 Å². The molecule has 92 heavy (non-hydrogen) atoms. The van der Waals surface area contributed by atoms with Crippen molar-refractivity contribution in [2.75, 3.05) is 38.2 Å². The highest BCUT2D eigenvalue weighted by Gasteiger charge is 2.42. The highest BCUT2D eigenvalue weighted by atomic mass is 16.6.